The molecule has 0 radical (unpaired) electrons. The van der Waals surface area contributed by atoms with Gasteiger partial charge in [-0.15, -0.1) is 0 Å². The number of nitrogens with zero attached hydrogens (tertiary/aromatic N) is 3. The lowest BCUT2D eigenvalue weighted by Gasteiger charge is -2.22. The number of nitrogens with one attached hydrogen (secondary N) is 2. The molecule has 4 rings (SSSR count). The van der Waals surface area contributed by atoms with Crippen LogP contribution in [0.5, 0.6) is 0 Å². The molecular weight excluding hydrogens is 406 g/mol. The lowest BCUT2D eigenvalue weighted by Crippen LogP contribution is -2.40. The molecule has 0 bridgehead atoms. The highest BCUT2D eigenvalue weighted by Gasteiger charge is 2.24. The quantitative estimate of drug-likeness (QED) is 0.659. The van der Waals surface area contributed by atoms with Crippen LogP contribution in [0.2, 0.25) is 5.02 Å². The third kappa shape index (κ3) is 4.28. The molecule has 0 unspecified atom stereocenters. The summed E-state index contributed by atoms with van der Waals surface area (Å²) in [7, 11) is 0. The van der Waals surface area contributed by atoms with Crippen LogP contribution in [0.25, 0.3) is 10.9 Å². The second kappa shape index (κ2) is 8.54. The first kappa shape index (κ1) is 19.9. The monoisotopic (exact) mass is 425 g/mol. The summed E-state index contributed by atoms with van der Waals surface area (Å²) in [6.07, 6.45) is 0.618. The number of aromatic nitrogens is 2. The van der Waals surface area contributed by atoms with Crippen LogP contribution in [-0.4, -0.2) is 57.9 Å². The Kier molecular flexibility index (Phi) is 5.67. The van der Waals surface area contributed by atoms with Crippen LogP contribution >= 0.6 is 11.6 Å². The number of H-pyrrole nitrogens is 1. The SMILES string of the molecule is O=C(Nc1cccc(Cl)c1)N1CCCN(C(=O)c2nc3ccccc3c(=O)[nH]2)CC1. The molecule has 0 atom stereocenters. The molecule has 1 saturated heterocycles. The van der Waals surface area contributed by atoms with Crippen molar-refractivity contribution in [3.63, 3.8) is 0 Å². The Hall–Kier alpha value is -3.39. The highest BCUT2D eigenvalue weighted by atomic mass is 35.5. The van der Waals surface area contributed by atoms with Crippen LogP contribution in [0.15, 0.2) is 53.3 Å². The summed E-state index contributed by atoms with van der Waals surface area (Å²) in [6, 6.07) is 13.6. The van der Waals surface area contributed by atoms with Gasteiger partial charge < -0.3 is 20.1 Å². The average molecular weight is 426 g/mol. The zero-order valence-corrected chi connectivity index (χ0v) is 16.9. The molecule has 3 amide bonds. The normalized spacial score (nSPS) is 14.4. The Bertz CT molecular complexity index is 1160. The van der Waals surface area contributed by atoms with Gasteiger partial charge in [-0.2, -0.15) is 0 Å². The number of para-hydroxylation sites is 1. The van der Waals surface area contributed by atoms with Crippen molar-refractivity contribution >= 4 is 40.1 Å². The van der Waals surface area contributed by atoms with Crippen molar-refractivity contribution in [2.75, 3.05) is 31.5 Å². The Morgan fingerprint density at radius 1 is 1.00 bits per heavy atom. The first-order valence-electron chi connectivity index (χ1n) is 9.61. The van der Waals surface area contributed by atoms with Crippen molar-refractivity contribution < 1.29 is 9.59 Å². The van der Waals surface area contributed by atoms with Crippen molar-refractivity contribution in [3.05, 3.63) is 69.7 Å². The van der Waals surface area contributed by atoms with Crippen LogP contribution in [0.1, 0.15) is 17.0 Å². The van der Waals surface area contributed by atoms with Gasteiger partial charge in [0, 0.05) is 36.9 Å². The summed E-state index contributed by atoms with van der Waals surface area (Å²) in [5, 5.41) is 3.80. The van der Waals surface area contributed by atoms with E-state index in [1.165, 1.54) is 0 Å². The van der Waals surface area contributed by atoms with Crippen molar-refractivity contribution in [2.24, 2.45) is 0 Å². The minimum Gasteiger partial charge on any atom is -0.334 e. The predicted molar refractivity (Wildman–Crippen MR) is 115 cm³/mol. The van der Waals surface area contributed by atoms with E-state index in [0.29, 0.717) is 54.2 Å². The van der Waals surface area contributed by atoms with E-state index < -0.39 is 0 Å². The van der Waals surface area contributed by atoms with Gasteiger partial charge >= 0.3 is 6.03 Å². The Balaban J connectivity index is 1.44. The average Bonchev–Trinajstić information content (AvgIpc) is 2.99. The van der Waals surface area contributed by atoms with Crippen LogP contribution in [-0.2, 0) is 0 Å². The number of urea groups is 1. The molecule has 1 fully saturated rings. The number of hydrogen-bond acceptors (Lipinski definition) is 4. The molecule has 0 saturated carbocycles. The van der Waals surface area contributed by atoms with Crippen molar-refractivity contribution in [2.45, 2.75) is 6.42 Å². The van der Waals surface area contributed by atoms with Gasteiger partial charge in [0.2, 0.25) is 0 Å². The molecule has 1 aliphatic heterocycles. The number of anilines is 1. The predicted octanol–water partition coefficient (Wildman–Crippen LogP) is 2.96. The van der Waals surface area contributed by atoms with Gasteiger partial charge in [-0.05, 0) is 36.8 Å². The smallest absolute Gasteiger partial charge is 0.321 e. The maximum atomic E-state index is 12.9. The number of aromatic amines is 1. The van der Waals surface area contributed by atoms with Gasteiger partial charge in [-0.1, -0.05) is 29.8 Å². The van der Waals surface area contributed by atoms with Gasteiger partial charge in [-0.3, -0.25) is 9.59 Å². The minimum atomic E-state index is -0.352. The van der Waals surface area contributed by atoms with E-state index in [-0.39, 0.29) is 23.3 Å². The number of benzene rings is 2. The molecule has 1 aromatic heterocycles. The molecule has 2 heterocycles. The number of amides is 3. The number of carbonyl (C=O) groups is 2. The first-order valence-corrected chi connectivity index (χ1v) is 9.99. The second-order valence-corrected chi connectivity index (χ2v) is 7.44. The fourth-order valence-corrected chi connectivity index (χ4v) is 3.62. The summed E-state index contributed by atoms with van der Waals surface area (Å²) in [5.74, 6) is -0.342. The summed E-state index contributed by atoms with van der Waals surface area (Å²) in [6.45, 7) is 1.70. The maximum Gasteiger partial charge on any atom is 0.321 e. The third-order valence-electron chi connectivity index (χ3n) is 4.96. The highest BCUT2D eigenvalue weighted by molar-refractivity contribution is 6.30. The number of hydrogen-bond donors (Lipinski definition) is 2. The molecule has 30 heavy (non-hydrogen) atoms. The largest absolute Gasteiger partial charge is 0.334 e. The number of fused-ring (bicyclic) bond motifs is 1. The van der Waals surface area contributed by atoms with Gasteiger partial charge in [0.15, 0.2) is 5.82 Å². The lowest BCUT2D eigenvalue weighted by atomic mass is 10.2. The Morgan fingerprint density at radius 3 is 2.60 bits per heavy atom. The molecule has 1 aliphatic rings. The fraction of sp³-hybridized carbons (Fsp3) is 0.238. The number of carbonyl (C=O) groups excluding carboxylic acids is 2. The zero-order chi connectivity index (χ0) is 21.1. The maximum absolute atomic E-state index is 12.9. The van der Waals surface area contributed by atoms with Gasteiger partial charge in [0.1, 0.15) is 0 Å². The third-order valence-corrected chi connectivity index (χ3v) is 5.20. The standard InChI is InChI=1S/C21H20ClN5O3/c22-14-5-3-6-15(13-14)23-21(30)27-10-4-9-26(11-12-27)20(29)18-24-17-8-2-1-7-16(17)19(28)25-18/h1-3,5-8,13H,4,9-12H2,(H,23,30)(H,24,25,28). The van der Waals surface area contributed by atoms with E-state index in [0.717, 1.165) is 0 Å². The van der Waals surface area contributed by atoms with Gasteiger partial charge in [-0.25, -0.2) is 9.78 Å². The topological polar surface area (TPSA) is 98.4 Å². The summed E-state index contributed by atoms with van der Waals surface area (Å²) in [4.78, 5) is 47.9. The zero-order valence-electron chi connectivity index (χ0n) is 16.1. The molecule has 2 N–H and O–H groups in total. The van der Waals surface area contributed by atoms with Crippen molar-refractivity contribution in [1.29, 1.82) is 0 Å². The molecule has 0 spiro atoms. The van der Waals surface area contributed by atoms with E-state index >= 15 is 0 Å². The molecule has 3 aromatic rings. The summed E-state index contributed by atoms with van der Waals surface area (Å²) < 4.78 is 0. The van der Waals surface area contributed by atoms with Crippen LogP contribution in [0.4, 0.5) is 10.5 Å². The summed E-state index contributed by atoms with van der Waals surface area (Å²) in [5.41, 5.74) is 0.742. The van der Waals surface area contributed by atoms with Crippen molar-refractivity contribution in [3.8, 4) is 0 Å². The Labute approximate surface area is 177 Å². The molecule has 0 aliphatic carbocycles. The molecule has 2 aromatic carbocycles. The van der Waals surface area contributed by atoms with Crippen molar-refractivity contribution in [1.82, 2.24) is 19.8 Å². The summed E-state index contributed by atoms with van der Waals surface area (Å²) >= 11 is 5.96. The molecule has 9 heteroatoms. The van der Waals surface area contributed by atoms with E-state index in [1.54, 1.807) is 58.3 Å². The number of rotatable bonds is 2. The van der Waals surface area contributed by atoms with E-state index in [4.69, 9.17) is 11.6 Å². The lowest BCUT2D eigenvalue weighted by molar-refractivity contribution is 0.0750. The second-order valence-electron chi connectivity index (χ2n) is 7.00. The highest BCUT2D eigenvalue weighted by Crippen LogP contribution is 2.16. The number of halogens is 1. The van der Waals surface area contributed by atoms with Crippen LogP contribution in [0.3, 0.4) is 0 Å². The van der Waals surface area contributed by atoms with E-state index in [9.17, 15) is 14.4 Å². The first-order chi connectivity index (χ1) is 14.5. The van der Waals surface area contributed by atoms with Gasteiger partial charge in [0.05, 0.1) is 10.9 Å². The Morgan fingerprint density at radius 2 is 1.77 bits per heavy atom. The van der Waals surface area contributed by atoms with E-state index in [1.807, 2.05) is 0 Å². The van der Waals surface area contributed by atoms with Crippen LogP contribution < -0.4 is 10.9 Å². The van der Waals surface area contributed by atoms with Crippen LogP contribution in [0, 0.1) is 0 Å². The van der Waals surface area contributed by atoms with Gasteiger partial charge in [0.25, 0.3) is 11.5 Å². The molecular formula is C21H20ClN5O3. The molecule has 154 valence electrons. The van der Waals surface area contributed by atoms with E-state index in [2.05, 4.69) is 15.3 Å². The fourth-order valence-electron chi connectivity index (χ4n) is 3.43. The molecule has 8 nitrogen and oxygen atoms in total. The minimum absolute atomic E-state index is 0.00975.